The van der Waals surface area contributed by atoms with Gasteiger partial charge in [0.05, 0.1) is 0 Å². The molecule has 0 aliphatic rings. The van der Waals surface area contributed by atoms with Gasteiger partial charge in [0.2, 0.25) is 0 Å². The Labute approximate surface area is 310 Å². The van der Waals surface area contributed by atoms with Crippen LogP contribution >= 0.6 is 0 Å². The van der Waals surface area contributed by atoms with E-state index in [4.69, 9.17) is 8.83 Å². The molecule has 0 saturated carbocycles. The van der Waals surface area contributed by atoms with Gasteiger partial charge in [0.15, 0.2) is 0 Å². The molecule has 12 aromatic rings. The second kappa shape index (κ2) is 11.2. The molecule has 0 N–H and O–H groups in total. The van der Waals surface area contributed by atoms with Crippen LogP contribution in [0.1, 0.15) is 0 Å². The summed E-state index contributed by atoms with van der Waals surface area (Å²) in [5.74, 6) is 0. The average molecular weight is 687 g/mol. The van der Waals surface area contributed by atoms with Crippen LogP contribution in [0.5, 0.6) is 0 Å². The molecular weight excluding hydrogens is 657 g/mol. The van der Waals surface area contributed by atoms with Crippen LogP contribution in [-0.4, -0.2) is 0 Å². The van der Waals surface area contributed by atoms with Crippen LogP contribution in [0.2, 0.25) is 0 Å². The predicted octanol–water partition coefficient (Wildman–Crippen LogP) is 15.1. The van der Waals surface area contributed by atoms with Gasteiger partial charge in [-0.2, -0.15) is 0 Å². The lowest BCUT2D eigenvalue weighted by Crippen LogP contribution is -1.94. The lowest BCUT2D eigenvalue weighted by molar-refractivity contribution is 0.668. The van der Waals surface area contributed by atoms with Gasteiger partial charge in [0.25, 0.3) is 0 Å². The number of benzene rings is 10. The molecule has 54 heavy (non-hydrogen) atoms. The molecule has 0 aliphatic carbocycles. The van der Waals surface area contributed by atoms with E-state index in [-0.39, 0.29) is 0 Å². The number of hydrogen-bond donors (Lipinski definition) is 0. The first-order chi connectivity index (χ1) is 26.8. The van der Waals surface area contributed by atoms with Crippen molar-refractivity contribution < 1.29 is 8.83 Å². The fourth-order valence-corrected chi connectivity index (χ4v) is 9.18. The maximum atomic E-state index is 6.25. The van der Waals surface area contributed by atoms with Crippen molar-refractivity contribution in [3.8, 4) is 33.4 Å². The van der Waals surface area contributed by atoms with Crippen molar-refractivity contribution in [2.75, 3.05) is 0 Å². The van der Waals surface area contributed by atoms with E-state index >= 15 is 0 Å². The van der Waals surface area contributed by atoms with Crippen molar-refractivity contribution in [1.29, 1.82) is 0 Å². The lowest BCUT2D eigenvalue weighted by atomic mass is 9.81. The number of hydrogen-bond acceptors (Lipinski definition) is 2. The molecule has 0 spiro atoms. The topological polar surface area (TPSA) is 26.3 Å². The summed E-state index contributed by atoms with van der Waals surface area (Å²) in [4.78, 5) is 0. The molecule has 0 bridgehead atoms. The number of para-hydroxylation sites is 2. The summed E-state index contributed by atoms with van der Waals surface area (Å²) in [7, 11) is 0. The molecule has 2 nitrogen and oxygen atoms in total. The van der Waals surface area contributed by atoms with Gasteiger partial charge in [0, 0.05) is 21.5 Å². The van der Waals surface area contributed by atoms with Crippen molar-refractivity contribution in [2.45, 2.75) is 0 Å². The second-order valence-electron chi connectivity index (χ2n) is 14.3. The van der Waals surface area contributed by atoms with Gasteiger partial charge in [-0.25, -0.2) is 0 Å². The fraction of sp³-hybridized carbons (Fsp3) is 0. The summed E-state index contributed by atoms with van der Waals surface area (Å²) < 4.78 is 12.5. The second-order valence-corrected chi connectivity index (χ2v) is 14.3. The Kier molecular flexibility index (Phi) is 6.09. The van der Waals surface area contributed by atoms with Gasteiger partial charge in [0.1, 0.15) is 22.3 Å². The van der Waals surface area contributed by atoms with Gasteiger partial charge in [-0.1, -0.05) is 146 Å². The van der Waals surface area contributed by atoms with Gasteiger partial charge < -0.3 is 8.83 Å². The summed E-state index contributed by atoms with van der Waals surface area (Å²) in [6.07, 6.45) is 0. The summed E-state index contributed by atoms with van der Waals surface area (Å²) >= 11 is 0. The highest BCUT2D eigenvalue weighted by Crippen LogP contribution is 2.50. The largest absolute Gasteiger partial charge is 0.456 e. The SMILES string of the molecule is c1ccc2c(c1)oc1ccc(-c3c4ccccc4c(-c4c5ccccc5c(-c5ccc6oc7ccccc7c6c5)c5ccccc45)c4ccccc34)cc12. The van der Waals surface area contributed by atoms with Crippen molar-refractivity contribution in [3.63, 3.8) is 0 Å². The quantitative estimate of drug-likeness (QED) is 0.173. The molecule has 10 aromatic carbocycles. The highest BCUT2D eigenvalue weighted by atomic mass is 16.3. The molecule has 2 aromatic heterocycles. The third-order valence-corrected chi connectivity index (χ3v) is 11.4. The number of fused-ring (bicyclic) bond motifs is 10. The molecule has 2 heteroatoms. The van der Waals surface area contributed by atoms with Crippen LogP contribution in [0, 0.1) is 0 Å². The molecule has 0 unspecified atom stereocenters. The van der Waals surface area contributed by atoms with E-state index in [9.17, 15) is 0 Å². The third kappa shape index (κ3) is 4.11. The van der Waals surface area contributed by atoms with E-state index in [1.807, 2.05) is 24.3 Å². The Morgan fingerprint density at radius 2 is 0.463 bits per heavy atom. The first kappa shape index (κ1) is 29.4. The summed E-state index contributed by atoms with van der Waals surface area (Å²) in [6, 6.07) is 65.8. The smallest absolute Gasteiger partial charge is 0.135 e. The van der Waals surface area contributed by atoms with Crippen molar-refractivity contribution >= 4 is 87.0 Å². The van der Waals surface area contributed by atoms with Gasteiger partial charge in [-0.05, 0) is 113 Å². The molecule has 250 valence electrons. The molecule has 0 amide bonds. The highest BCUT2D eigenvalue weighted by molar-refractivity contribution is 6.30. The van der Waals surface area contributed by atoms with E-state index in [0.717, 1.165) is 43.9 Å². The molecular formula is C52H30O2. The van der Waals surface area contributed by atoms with Gasteiger partial charge in [-0.15, -0.1) is 0 Å². The van der Waals surface area contributed by atoms with Gasteiger partial charge in [-0.3, -0.25) is 0 Å². The molecule has 2 heterocycles. The maximum Gasteiger partial charge on any atom is 0.135 e. The van der Waals surface area contributed by atoms with Crippen LogP contribution in [0.4, 0.5) is 0 Å². The Balaban J connectivity index is 1.19. The molecule has 0 aliphatic heterocycles. The Morgan fingerprint density at radius 3 is 0.796 bits per heavy atom. The molecule has 0 atom stereocenters. The Morgan fingerprint density at radius 1 is 0.204 bits per heavy atom. The Hall–Kier alpha value is -7.16. The summed E-state index contributed by atoms with van der Waals surface area (Å²) in [5.41, 5.74) is 11.0. The average Bonchev–Trinajstić information content (AvgIpc) is 3.80. The molecule has 0 fully saturated rings. The van der Waals surface area contributed by atoms with E-state index in [1.165, 1.54) is 76.5 Å². The molecule has 0 saturated heterocycles. The standard InChI is InChI=1S/C52H30O2/c1-5-19-39-35(15-1)49(31-25-27-47-43(29-31)33-13-9-11-23-45(33)53-47)36-16-2-6-20-40(36)51(39)52-41-21-7-3-17-37(41)50(38-18-4-8-22-42(38)52)32-26-28-48-44(30-32)34-14-10-12-24-46(34)54-48/h1-30H. The van der Waals surface area contributed by atoms with E-state index in [0.29, 0.717) is 0 Å². The number of rotatable bonds is 3. The summed E-state index contributed by atoms with van der Waals surface area (Å²) in [5, 5.41) is 14.4. The van der Waals surface area contributed by atoms with E-state index in [1.54, 1.807) is 0 Å². The van der Waals surface area contributed by atoms with Crippen LogP contribution in [-0.2, 0) is 0 Å². The van der Waals surface area contributed by atoms with Crippen LogP contribution in [0.15, 0.2) is 191 Å². The highest BCUT2D eigenvalue weighted by Gasteiger charge is 2.23. The zero-order chi connectivity index (χ0) is 35.3. The van der Waals surface area contributed by atoms with Crippen LogP contribution < -0.4 is 0 Å². The van der Waals surface area contributed by atoms with Crippen molar-refractivity contribution in [1.82, 2.24) is 0 Å². The van der Waals surface area contributed by atoms with E-state index in [2.05, 4.69) is 158 Å². The monoisotopic (exact) mass is 686 g/mol. The molecule has 0 radical (unpaired) electrons. The Bertz CT molecular complexity index is 3160. The zero-order valence-electron chi connectivity index (χ0n) is 29.1. The first-order valence-electron chi connectivity index (χ1n) is 18.5. The number of furan rings is 2. The minimum atomic E-state index is 0.906. The van der Waals surface area contributed by atoms with Crippen molar-refractivity contribution in [2.24, 2.45) is 0 Å². The zero-order valence-corrected chi connectivity index (χ0v) is 29.1. The van der Waals surface area contributed by atoms with Gasteiger partial charge >= 0.3 is 0 Å². The lowest BCUT2D eigenvalue weighted by Gasteiger charge is -2.22. The predicted molar refractivity (Wildman–Crippen MR) is 227 cm³/mol. The normalized spacial score (nSPS) is 12.1. The molecule has 12 rings (SSSR count). The van der Waals surface area contributed by atoms with E-state index < -0.39 is 0 Å². The first-order valence-corrected chi connectivity index (χ1v) is 18.5. The maximum absolute atomic E-state index is 6.25. The van der Waals surface area contributed by atoms with Crippen LogP contribution in [0.3, 0.4) is 0 Å². The van der Waals surface area contributed by atoms with Crippen molar-refractivity contribution in [3.05, 3.63) is 182 Å². The third-order valence-electron chi connectivity index (χ3n) is 11.4. The minimum absolute atomic E-state index is 0.906. The fourth-order valence-electron chi connectivity index (χ4n) is 9.18. The minimum Gasteiger partial charge on any atom is -0.456 e. The summed E-state index contributed by atoms with van der Waals surface area (Å²) in [6.45, 7) is 0. The van der Waals surface area contributed by atoms with Crippen LogP contribution in [0.25, 0.3) is 120 Å².